The number of rotatable bonds is 3. The quantitative estimate of drug-likeness (QED) is 0.557. The fourth-order valence-corrected chi connectivity index (χ4v) is 3.79. The number of H-pyrrole nitrogens is 1. The summed E-state index contributed by atoms with van der Waals surface area (Å²) in [6.45, 7) is 4.37. The summed E-state index contributed by atoms with van der Waals surface area (Å²) in [5.41, 5.74) is 4.61. The van der Waals surface area contributed by atoms with Gasteiger partial charge in [-0.2, -0.15) is 10.2 Å². The van der Waals surface area contributed by atoms with Gasteiger partial charge in [-0.05, 0) is 31.2 Å². The van der Waals surface area contributed by atoms with Crippen molar-refractivity contribution in [3.63, 3.8) is 0 Å². The molecule has 9 heteroatoms. The summed E-state index contributed by atoms with van der Waals surface area (Å²) in [7, 11) is 1.95. The summed E-state index contributed by atoms with van der Waals surface area (Å²) in [5.74, 6) is 0.924. The van der Waals surface area contributed by atoms with E-state index in [1.54, 1.807) is 6.20 Å². The van der Waals surface area contributed by atoms with Crippen molar-refractivity contribution in [1.29, 1.82) is 0 Å². The van der Waals surface area contributed by atoms with Crippen molar-refractivity contribution in [2.24, 2.45) is 7.05 Å². The van der Waals surface area contributed by atoms with Crippen LogP contribution in [0, 0.1) is 0 Å². The molecule has 5 heterocycles. The van der Waals surface area contributed by atoms with Crippen LogP contribution in [0.25, 0.3) is 33.5 Å². The van der Waals surface area contributed by atoms with Crippen molar-refractivity contribution in [3.8, 4) is 22.6 Å². The molecule has 0 bridgehead atoms. The maximum Gasteiger partial charge on any atom is 0.130 e. The van der Waals surface area contributed by atoms with Crippen LogP contribution in [-0.4, -0.2) is 55.7 Å². The summed E-state index contributed by atoms with van der Waals surface area (Å²) in [5, 5.41) is 12.5. The fraction of sp³-hybridized carbons (Fsp3) is 0.300. The second-order valence-corrected chi connectivity index (χ2v) is 7.01. The van der Waals surface area contributed by atoms with Crippen molar-refractivity contribution in [3.05, 3.63) is 42.9 Å². The Morgan fingerprint density at radius 1 is 1.17 bits per heavy atom. The van der Waals surface area contributed by atoms with Gasteiger partial charge in [0.05, 0.1) is 30.6 Å². The number of ether oxygens (including phenoxy) is 1. The number of anilines is 1. The van der Waals surface area contributed by atoms with Crippen molar-refractivity contribution < 1.29 is 4.74 Å². The molecule has 1 aliphatic heterocycles. The van der Waals surface area contributed by atoms with E-state index in [-0.39, 0.29) is 18.4 Å². The first-order valence-electron chi connectivity index (χ1n) is 9.34. The number of halogens is 1. The van der Waals surface area contributed by atoms with Crippen LogP contribution >= 0.6 is 12.4 Å². The van der Waals surface area contributed by atoms with E-state index in [9.17, 15) is 0 Å². The molecule has 1 fully saturated rings. The van der Waals surface area contributed by atoms with Gasteiger partial charge in [0.25, 0.3) is 0 Å². The van der Waals surface area contributed by atoms with Crippen LogP contribution in [0.15, 0.2) is 42.9 Å². The third-order valence-electron chi connectivity index (χ3n) is 5.23. The highest BCUT2D eigenvalue weighted by atomic mass is 35.5. The van der Waals surface area contributed by atoms with E-state index in [1.807, 2.05) is 42.3 Å². The Kier molecular flexibility index (Phi) is 5.21. The number of hydrogen-bond donors (Lipinski definition) is 1. The Balaban J connectivity index is 0.00000205. The van der Waals surface area contributed by atoms with Gasteiger partial charge in [0.1, 0.15) is 17.0 Å². The third-order valence-corrected chi connectivity index (χ3v) is 5.23. The molecule has 5 rings (SSSR count). The molecule has 0 radical (unpaired) electrons. The highest BCUT2D eigenvalue weighted by molar-refractivity contribution is 6.01. The minimum Gasteiger partial charge on any atom is -0.377 e. The Labute approximate surface area is 174 Å². The van der Waals surface area contributed by atoms with Crippen LogP contribution in [0.3, 0.4) is 0 Å². The first-order chi connectivity index (χ1) is 13.7. The standard InChI is InChI=1S/C20H21N7O.ClH/c1-13-12-28-10-9-27(13)18-11-15(17-5-8-23-26(17)2)14-3-6-21-20(19(14)24-18)16-4-7-22-25-16;/h3-8,11,13H,9-10,12H2,1-2H3,(H,22,25);1H. The zero-order valence-electron chi connectivity index (χ0n) is 16.2. The molecular formula is C20H22ClN7O. The first-order valence-corrected chi connectivity index (χ1v) is 9.34. The number of pyridine rings is 2. The monoisotopic (exact) mass is 411 g/mol. The number of hydrogen-bond acceptors (Lipinski definition) is 6. The second kappa shape index (κ2) is 7.81. The van der Waals surface area contributed by atoms with E-state index in [4.69, 9.17) is 9.72 Å². The van der Waals surface area contributed by atoms with Gasteiger partial charge >= 0.3 is 0 Å². The predicted octanol–water partition coefficient (Wildman–Crippen LogP) is 3.07. The Morgan fingerprint density at radius 3 is 2.79 bits per heavy atom. The number of aromatic nitrogens is 6. The zero-order chi connectivity index (χ0) is 19.1. The van der Waals surface area contributed by atoms with Crippen molar-refractivity contribution >= 4 is 29.1 Å². The fourth-order valence-electron chi connectivity index (χ4n) is 3.79. The summed E-state index contributed by atoms with van der Waals surface area (Å²) in [6, 6.07) is 8.36. The topological polar surface area (TPSA) is 84.8 Å². The third kappa shape index (κ3) is 3.34. The van der Waals surface area contributed by atoms with E-state index in [2.05, 4.69) is 38.2 Å². The molecule has 4 aromatic heterocycles. The summed E-state index contributed by atoms with van der Waals surface area (Å²) < 4.78 is 7.50. The molecule has 29 heavy (non-hydrogen) atoms. The van der Waals surface area contributed by atoms with Gasteiger partial charge in [-0.3, -0.25) is 14.8 Å². The number of nitrogens with zero attached hydrogens (tertiary/aromatic N) is 6. The van der Waals surface area contributed by atoms with Gasteiger partial charge < -0.3 is 9.64 Å². The molecule has 0 saturated carbocycles. The molecule has 1 unspecified atom stereocenters. The summed E-state index contributed by atoms with van der Waals surface area (Å²) in [4.78, 5) is 11.9. The molecule has 0 aliphatic carbocycles. The Bertz CT molecular complexity index is 1130. The summed E-state index contributed by atoms with van der Waals surface area (Å²) >= 11 is 0. The smallest absolute Gasteiger partial charge is 0.130 e. The number of aromatic amines is 1. The first kappa shape index (κ1) is 19.4. The predicted molar refractivity (Wildman–Crippen MR) is 114 cm³/mol. The second-order valence-electron chi connectivity index (χ2n) is 7.01. The van der Waals surface area contributed by atoms with Gasteiger partial charge in [-0.25, -0.2) is 4.98 Å². The minimum atomic E-state index is 0. The molecule has 1 aliphatic rings. The molecule has 1 saturated heterocycles. The van der Waals surface area contributed by atoms with Crippen LogP contribution in [0.2, 0.25) is 0 Å². The summed E-state index contributed by atoms with van der Waals surface area (Å²) in [6.07, 6.45) is 5.36. The van der Waals surface area contributed by atoms with Crippen LogP contribution < -0.4 is 4.90 Å². The van der Waals surface area contributed by atoms with Crippen LogP contribution in [0.1, 0.15) is 6.92 Å². The van der Waals surface area contributed by atoms with Gasteiger partial charge in [0, 0.05) is 43.1 Å². The number of nitrogens with one attached hydrogen (secondary N) is 1. The maximum atomic E-state index is 5.62. The lowest BCUT2D eigenvalue weighted by molar-refractivity contribution is 0.0986. The largest absolute Gasteiger partial charge is 0.377 e. The van der Waals surface area contributed by atoms with Crippen LogP contribution in [-0.2, 0) is 11.8 Å². The van der Waals surface area contributed by atoms with Gasteiger partial charge in [0.15, 0.2) is 0 Å². The SMILES string of the molecule is CC1COCCN1c1cc(-c2ccnn2C)c2ccnc(-c3ccn[nH]3)c2n1.Cl. The molecule has 1 N–H and O–H groups in total. The lowest BCUT2D eigenvalue weighted by atomic mass is 10.0. The molecule has 0 amide bonds. The van der Waals surface area contributed by atoms with Crippen molar-refractivity contribution in [1.82, 2.24) is 29.9 Å². The van der Waals surface area contributed by atoms with E-state index >= 15 is 0 Å². The molecule has 0 spiro atoms. The van der Waals surface area contributed by atoms with E-state index in [1.165, 1.54) is 0 Å². The van der Waals surface area contributed by atoms with Crippen molar-refractivity contribution in [2.75, 3.05) is 24.7 Å². The number of morpholine rings is 1. The maximum absolute atomic E-state index is 5.62. The molecule has 4 aromatic rings. The van der Waals surface area contributed by atoms with Gasteiger partial charge in [-0.1, -0.05) is 0 Å². The zero-order valence-corrected chi connectivity index (χ0v) is 17.1. The van der Waals surface area contributed by atoms with Crippen LogP contribution in [0.5, 0.6) is 0 Å². The normalized spacial score (nSPS) is 16.8. The van der Waals surface area contributed by atoms with Gasteiger partial charge in [0.2, 0.25) is 0 Å². The van der Waals surface area contributed by atoms with E-state index < -0.39 is 0 Å². The van der Waals surface area contributed by atoms with E-state index in [0.717, 1.165) is 45.9 Å². The van der Waals surface area contributed by atoms with Crippen molar-refractivity contribution in [2.45, 2.75) is 13.0 Å². The molecule has 150 valence electrons. The molecular weight excluding hydrogens is 390 g/mol. The highest BCUT2D eigenvalue weighted by Crippen LogP contribution is 2.35. The number of aryl methyl sites for hydroxylation is 1. The molecule has 8 nitrogen and oxygen atoms in total. The number of fused-ring (bicyclic) bond motifs is 1. The lowest BCUT2D eigenvalue weighted by Gasteiger charge is -2.34. The Hall–Kier alpha value is -2.97. The molecule has 0 aromatic carbocycles. The van der Waals surface area contributed by atoms with Gasteiger partial charge in [-0.15, -0.1) is 12.4 Å². The average molecular weight is 412 g/mol. The lowest BCUT2D eigenvalue weighted by Crippen LogP contribution is -2.44. The van der Waals surface area contributed by atoms with E-state index in [0.29, 0.717) is 13.2 Å². The van der Waals surface area contributed by atoms with Crippen LogP contribution in [0.4, 0.5) is 5.82 Å². The molecule has 1 atom stereocenters. The minimum absolute atomic E-state index is 0. The average Bonchev–Trinajstić information content (AvgIpc) is 3.39. The Morgan fingerprint density at radius 2 is 2.07 bits per heavy atom. The highest BCUT2D eigenvalue weighted by Gasteiger charge is 2.23.